The molecule has 0 atom stereocenters. The summed E-state index contributed by atoms with van der Waals surface area (Å²) in [4.78, 5) is 29.8. The van der Waals surface area contributed by atoms with Gasteiger partial charge in [0.25, 0.3) is 11.5 Å². The molecule has 0 aliphatic heterocycles. The minimum absolute atomic E-state index is 0.237. The van der Waals surface area contributed by atoms with Crippen LogP contribution in [-0.4, -0.2) is 29.9 Å². The molecule has 1 amide bonds. The van der Waals surface area contributed by atoms with Gasteiger partial charge in [-0.15, -0.1) is 0 Å². The Labute approximate surface area is 161 Å². The van der Waals surface area contributed by atoms with Gasteiger partial charge in [-0.1, -0.05) is 48.0 Å². The minimum Gasteiger partial charge on any atom is -0.345 e. The Morgan fingerprint density at radius 2 is 1.81 bits per heavy atom. The van der Waals surface area contributed by atoms with E-state index in [0.717, 1.165) is 0 Å². The summed E-state index contributed by atoms with van der Waals surface area (Å²) < 4.78 is 0. The van der Waals surface area contributed by atoms with E-state index in [1.807, 2.05) is 18.2 Å². The molecule has 0 bridgehead atoms. The Morgan fingerprint density at radius 1 is 1.11 bits per heavy atom. The zero-order valence-electron chi connectivity index (χ0n) is 14.8. The fourth-order valence-electron chi connectivity index (χ4n) is 2.84. The van der Waals surface area contributed by atoms with Crippen molar-refractivity contribution in [2.45, 2.75) is 0 Å². The molecule has 0 aliphatic rings. The van der Waals surface area contributed by atoms with Crippen LogP contribution in [0.15, 0.2) is 59.4 Å². The monoisotopic (exact) mass is 377 g/mol. The van der Waals surface area contributed by atoms with Gasteiger partial charge in [0.1, 0.15) is 0 Å². The summed E-state index contributed by atoms with van der Waals surface area (Å²) in [6.45, 7) is 0. The van der Waals surface area contributed by atoms with E-state index in [0.29, 0.717) is 16.7 Å². The van der Waals surface area contributed by atoms with Gasteiger partial charge in [0.05, 0.1) is 27.9 Å². The number of nitrogens with one attached hydrogen (secondary N) is 1. The van der Waals surface area contributed by atoms with Crippen LogP contribution in [0.2, 0.25) is 5.02 Å². The van der Waals surface area contributed by atoms with Crippen LogP contribution < -0.4 is 5.56 Å². The largest absolute Gasteiger partial charge is 0.345 e. The Hall–Kier alpha value is -3.36. The van der Waals surface area contributed by atoms with E-state index in [9.17, 15) is 14.9 Å². The molecular weight excluding hydrogens is 362 g/mol. The lowest BCUT2D eigenvalue weighted by molar-refractivity contribution is 0.0828. The first-order valence-electron chi connectivity index (χ1n) is 8.17. The van der Waals surface area contributed by atoms with Crippen LogP contribution in [0.4, 0.5) is 0 Å². The lowest BCUT2D eigenvalue weighted by Crippen LogP contribution is -2.25. The summed E-state index contributed by atoms with van der Waals surface area (Å²) in [5.74, 6) is -0.303. The summed E-state index contributed by atoms with van der Waals surface area (Å²) in [6.07, 6.45) is 0. The summed E-state index contributed by atoms with van der Waals surface area (Å²) in [7, 11) is 3.24. The second-order valence-corrected chi connectivity index (χ2v) is 6.55. The number of nitrogens with zero attached hydrogens (tertiary/aromatic N) is 2. The van der Waals surface area contributed by atoms with Crippen molar-refractivity contribution in [2.24, 2.45) is 0 Å². The van der Waals surface area contributed by atoms with E-state index < -0.39 is 0 Å². The molecule has 5 nitrogen and oxygen atoms in total. The van der Waals surface area contributed by atoms with Crippen molar-refractivity contribution in [2.75, 3.05) is 14.1 Å². The first-order chi connectivity index (χ1) is 12.9. The van der Waals surface area contributed by atoms with Gasteiger partial charge < -0.3 is 9.88 Å². The molecule has 0 saturated carbocycles. The Kier molecular flexibility index (Phi) is 5.11. The summed E-state index contributed by atoms with van der Waals surface area (Å²) in [5, 5.41) is 9.73. The molecule has 0 fully saturated rings. The number of hydrogen-bond donors (Lipinski definition) is 1. The van der Waals surface area contributed by atoms with E-state index in [2.05, 4.69) is 11.1 Å². The van der Waals surface area contributed by atoms with E-state index in [1.54, 1.807) is 50.5 Å². The third kappa shape index (κ3) is 3.48. The molecule has 0 radical (unpaired) electrons. The van der Waals surface area contributed by atoms with Gasteiger partial charge in [-0.25, -0.2) is 0 Å². The van der Waals surface area contributed by atoms with Crippen LogP contribution in [0.25, 0.3) is 22.4 Å². The number of carbonyl (C=O) groups excluding carboxylic acids is 1. The molecule has 3 rings (SSSR count). The molecule has 3 aromatic rings. The Bertz CT molecular complexity index is 1110. The highest BCUT2D eigenvalue weighted by Crippen LogP contribution is 2.33. The van der Waals surface area contributed by atoms with Crippen molar-refractivity contribution in [3.8, 4) is 28.5 Å². The molecule has 0 unspecified atom stereocenters. The van der Waals surface area contributed by atoms with E-state index in [4.69, 9.17) is 11.6 Å². The number of aromatic amines is 1. The summed E-state index contributed by atoms with van der Waals surface area (Å²) in [5.41, 5.74) is 1.81. The average molecular weight is 378 g/mol. The minimum atomic E-state index is -0.365. The number of amides is 1. The number of rotatable bonds is 3. The normalized spacial score (nSPS) is 10.3. The van der Waals surface area contributed by atoms with E-state index in [-0.39, 0.29) is 33.3 Å². The predicted molar refractivity (Wildman–Crippen MR) is 106 cm³/mol. The predicted octanol–water partition coefficient (Wildman–Crippen LogP) is 3.94. The number of pyridine rings is 1. The first kappa shape index (κ1) is 18.4. The third-order valence-electron chi connectivity index (χ3n) is 4.15. The molecular formula is C21H16ClN3O2. The second-order valence-electron chi connectivity index (χ2n) is 6.14. The SMILES string of the molecule is CN(C)C(=O)c1cc(-c2ccccc2)c(=O)[nH]c1-c1c(Cl)cccc1C#N. The van der Waals surface area contributed by atoms with Gasteiger partial charge in [0.2, 0.25) is 0 Å². The van der Waals surface area contributed by atoms with Gasteiger partial charge >= 0.3 is 0 Å². The van der Waals surface area contributed by atoms with Crippen molar-refractivity contribution >= 4 is 17.5 Å². The van der Waals surface area contributed by atoms with Crippen molar-refractivity contribution in [1.29, 1.82) is 5.26 Å². The van der Waals surface area contributed by atoms with Gasteiger partial charge in [0.15, 0.2) is 0 Å². The molecule has 1 aromatic heterocycles. The maximum atomic E-state index is 12.8. The topological polar surface area (TPSA) is 77.0 Å². The molecule has 0 saturated heterocycles. The number of benzene rings is 2. The first-order valence-corrected chi connectivity index (χ1v) is 8.55. The van der Waals surface area contributed by atoms with Crippen LogP contribution in [-0.2, 0) is 0 Å². The van der Waals surface area contributed by atoms with Crippen molar-refractivity contribution in [3.05, 3.63) is 81.1 Å². The van der Waals surface area contributed by atoms with Crippen molar-refractivity contribution in [1.82, 2.24) is 9.88 Å². The molecule has 6 heteroatoms. The Balaban J connectivity index is 2.37. The number of aromatic nitrogens is 1. The highest BCUT2D eigenvalue weighted by atomic mass is 35.5. The maximum absolute atomic E-state index is 12.8. The van der Waals surface area contributed by atoms with E-state index in [1.165, 1.54) is 4.90 Å². The third-order valence-corrected chi connectivity index (χ3v) is 4.46. The summed E-state index contributed by atoms with van der Waals surface area (Å²) in [6, 6.07) is 17.5. The van der Waals surface area contributed by atoms with Crippen LogP contribution in [0, 0.1) is 11.3 Å². The van der Waals surface area contributed by atoms with Gasteiger partial charge in [0, 0.05) is 25.2 Å². The quantitative estimate of drug-likeness (QED) is 0.751. The molecule has 1 N–H and O–H groups in total. The zero-order valence-corrected chi connectivity index (χ0v) is 15.5. The number of carbonyl (C=O) groups is 1. The average Bonchev–Trinajstić information content (AvgIpc) is 2.67. The number of hydrogen-bond acceptors (Lipinski definition) is 3. The number of H-pyrrole nitrogens is 1. The molecule has 134 valence electrons. The van der Waals surface area contributed by atoms with Crippen molar-refractivity contribution < 1.29 is 4.79 Å². The number of nitriles is 1. The van der Waals surface area contributed by atoms with Crippen LogP contribution in [0.1, 0.15) is 15.9 Å². The highest BCUT2D eigenvalue weighted by molar-refractivity contribution is 6.33. The highest BCUT2D eigenvalue weighted by Gasteiger charge is 2.22. The maximum Gasteiger partial charge on any atom is 0.256 e. The zero-order chi connectivity index (χ0) is 19.6. The summed E-state index contributed by atoms with van der Waals surface area (Å²) >= 11 is 6.31. The molecule has 0 aliphatic carbocycles. The number of halogens is 1. The fourth-order valence-corrected chi connectivity index (χ4v) is 3.11. The molecule has 27 heavy (non-hydrogen) atoms. The van der Waals surface area contributed by atoms with Crippen LogP contribution >= 0.6 is 11.6 Å². The standard InChI is InChI=1S/C21H16ClN3O2/c1-25(2)21(27)16-11-15(13-7-4-3-5-8-13)20(26)24-19(16)18-14(12-23)9-6-10-17(18)22/h3-11H,1-2H3,(H,24,26). The van der Waals surface area contributed by atoms with Crippen molar-refractivity contribution in [3.63, 3.8) is 0 Å². The van der Waals surface area contributed by atoms with Gasteiger partial charge in [-0.2, -0.15) is 5.26 Å². The van der Waals surface area contributed by atoms with Crippen LogP contribution in [0.3, 0.4) is 0 Å². The molecule has 0 spiro atoms. The van der Waals surface area contributed by atoms with Gasteiger partial charge in [-0.05, 0) is 23.8 Å². The lowest BCUT2D eigenvalue weighted by atomic mass is 9.97. The molecule has 1 heterocycles. The smallest absolute Gasteiger partial charge is 0.256 e. The fraction of sp³-hybridized carbons (Fsp3) is 0.0952. The van der Waals surface area contributed by atoms with Crippen LogP contribution in [0.5, 0.6) is 0 Å². The molecule has 2 aromatic carbocycles. The lowest BCUT2D eigenvalue weighted by Gasteiger charge is -2.17. The Morgan fingerprint density at radius 3 is 2.44 bits per heavy atom. The second kappa shape index (κ2) is 7.48. The van der Waals surface area contributed by atoms with Gasteiger partial charge in [-0.3, -0.25) is 9.59 Å². The van der Waals surface area contributed by atoms with E-state index >= 15 is 0 Å².